The Labute approximate surface area is 147 Å². The largest absolute Gasteiger partial charge is 0.376 e. The maximum absolute atomic E-state index is 12.7. The zero-order valence-corrected chi connectivity index (χ0v) is 14.7. The molecule has 130 valence electrons. The van der Waals surface area contributed by atoms with Gasteiger partial charge in [0.25, 0.3) is 0 Å². The van der Waals surface area contributed by atoms with Crippen molar-refractivity contribution in [3.8, 4) is 0 Å². The van der Waals surface area contributed by atoms with E-state index in [0.717, 1.165) is 12.1 Å². The molecule has 0 bridgehead atoms. The normalized spacial score (nSPS) is 18.5. The van der Waals surface area contributed by atoms with Crippen LogP contribution in [0.15, 0.2) is 42.5 Å². The van der Waals surface area contributed by atoms with E-state index in [1.54, 1.807) is 18.2 Å². The number of amides is 2. The van der Waals surface area contributed by atoms with Gasteiger partial charge in [0, 0.05) is 25.6 Å². The second-order valence-electron chi connectivity index (χ2n) is 6.79. The molecule has 0 radical (unpaired) electrons. The molecule has 2 aromatic rings. The minimum Gasteiger partial charge on any atom is -0.376 e. The van der Waals surface area contributed by atoms with Crippen molar-refractivity contribution in [2.24, 2.45) is 11.7 Å². The summed E-state index contributed by atoms with van der Waals surface area (Å²) < 4.78 is 0. The Morgan fingerprint density at radius 1 is 1.16 bits per heavy atom. The topological polar surface area (TPSA) is 75.4 Å². The Morgan fingerprint density at radius 3 is 2.52 bits per heavy atom. The molecule has 25 heavy (non-hydrogen) atoms. The van der Waals surface area contributed by atoms with Gasteiger partial charge in [-0.1, -0.05) is 24.3 Å². The molecule has 3 rings (SSSR count). The molecule has 0 aliphatic heterocycles. The van der Waals surface area contributed by atoms with Crippen LogP contribution in [0.25, 0.3) is 0 Å². The summed E-state index contributed by atoms with van der Waals surface area (Å²) in [5.41, 5.74) is 9.65. The Bertz CT molecular complexity index is 829. The van der Waals surface area contributed by atoms with Gasteiger partial charge in [-0.3, -0.25) is 9.59 Å². The molecule has 0 spiro atoms. The van der Waals surface area contributed by atoms with Crippen LogP contribution in [0.3, 0.4) is 0 Å². The van der Waals surface area contributed by atoms with Gasteiger partial charge in [-0.05, 0) is 48.6 Å². The fraction of sp³-hybridized carbons (Fsp3) is 0.300. The molecule has 1 aliphatic rings. The number of carbonyl (C=O) groups is 2. The third-order valence-corrected chi connectivity index (χ3v) is 4.74. The molecule has 3 N–H and O–H groups in total. The molecule has 0 unspecified atom stereocenters. The zero-order valence-electron chi connectivity index (χ0n) is 14.7. The van der Waals surface area contributed by atoms with E-state index >= 15 is 0 Å². The molecule has 2 aromatic carbocycles. The SMILES string of the molecule is Cc1ccccc1[C@H]1C[C@H]1C(=O)Nc1cc(C(N)=O)ccc1N(C)C. The first-order valence-electron chi connectivity index (χ1n) is 8.36. The molecule has 0 aromatic heterocycles. The van der Waals surface area contributed by atoms with Crippen LogP contribution in [0, 0.1) is 12.8 Å². The summed E-state index contributed by atoms with van der Waals surface area (Å²) in [5, 5.41) is 2.98. The molecule has 1 fully saturated rings. The molecule has 0 saturated heterocycles. The van der Waals surface area contributed by atoms with Gasteiger partial charge in [0.15, 0.2) is 0 Å². The number of hydrogen-bond donors (Lipinski definition) is 2. The number of aryl methyl sites for hydroxylation is 1. The summed E-state index contributed by atoms with van der Waals surface area (Å²) in [4.78, 5) is 26.0. The zero-order chi connectivity index (χ0) is 18.1. The number of benzene rings is 2. The Morgan fingerprint density at radius 2 is 1.88 bits per heavy atom. The number of anilines is 2. The number of carbonyl (C=O) groups excluding carboxylic acids is 2. The number of nitrogens with two attached hydrogens (primary N) is 1. The molecule has 5 heteroatoms. The van der Waals surface area contributed by atoms with E-state index in [1.807, 2.05) is 31.1 Å². The lowest BCUT2D eigenvalue weighted by atomic mass is 10.0. The molecule has 2 amide bonds. The standard InChI is InChI=1S/C20H23N3O2/c1-12-6-4-5-7-14(12)15-11-16(15)20(25)22-17-10-13(19(21)24)8-9-18(17)23(2)3/h4-10,15-16H,11H2,1-3H3,(H2,21,24)(H,22,25)/t15-,16-/m1/s1. The summed E-state index contributed by atoms with van der Waals surface area (Å²) in [7, 11) is 3.78. The van der Waals surface area contributed by atoms with E-state index in [0.29, 0.717) is 11.3 Å². The number of hydrogen-bond acceptors (Lipinski definition) is 3. The van der Waals surface area contributed by atoms with Crippen molar-refractivity contribution in [1.29, 1.82) is 0 Å². The Balaban J connectivity index is 1.79. The molecule has 1 aliphatic carbocycles. The number of nitrogens with zero attached hydrogens (tertiary/aromatic N) is 1. The third-order valence-electron chi connectivity index (χ3n) is 4.74. The predicted octanol–water partition coefficient (Wildman–Crippen LogP) is 2.90. The van der Waals surface area contributed by atoms with Crippen molar-refractivity contribution in [1.82, 2.24) is 0 Å². The van der Waals surface area contributed by atoms with Crippen LogP contribution in [0.1, 0.15) is 33.8 Å². The average Bonchev–Trinajstić information content (AvgIpc) is 3.35. The Hall–Kier alpha value is -2.82. The first-order valence-corrected chi connectivity index (χ1v) is 8.36. The lowest BCUT2D eigenvalue weighted by molar-refractivity contribution is -0.117. The van der Waals surface area contributed by atoms with Gasteiger partial charge in [-0.2, -0.15) is 0 Å². The van der Waals surface area contributed by atoms with Crippen LogP contribution in [0.5, 0.6) is 0 Å². The maximum atomic E-state index is 12.7. The van der Waals surface area contributed by atoms with Crippen molar-refractivity contribution in [3.63, 3.8) is 0 Å². The van der Waals surface area contributed by atoms with E-state index in [9.17, 15) is 9.59 Å². The monoisotopic (exact) mass is 337 g/mol. The number of nitrogens with one attached hydrogen (secondary N) is 1. The van der Waals surface area contributed by atoms with Crippen LogP contribution >= 0.6 is 0 Å². The van der Waals surface area contributed by atoms with Gasteiger partial charge in [0.05, 0.1) is 11.4 Å². The van der Waals surface area contributed by atoms with Crippen molar-refractivity contribution in [3.05, 3.63) is 59.2 Å². The molecule has 1 saturated carbocycles. The lowest BCUT2D eigenvalue weighted by Crippen LogP contribution is -2.20. The van der Waals surface area contributed by atoms with Gasteiger partial charge < -0.3 is 16.0 Å². The highest BCUT2D eigenvalue weighted by atomic mass is 16.2. The first kappa shape index (κ1) is 17.0. The second-order valence-corrected chi connectivity index (χ2v) is 6.79. The van der Waals surface area contributed by atoms with Crippen LogP contribution < -0.4 is 16.0 Å². The van der Waals surface area contributed by atoms with Crippen LogP contribution in [-0.4, -0.2) is 25.9 Å². The molecule has 2 atom stereocenters. The quantitative estimate of drug-likeness (QED) is 0.881. The first-order chi connectivity index (χ1) is 11.9. The summed E-state index contributed by atoms with van der Waals surface area (Å²) in [6.45, 7) is 2.07. The van der Waals surface area contributed by atoms with Gasteiger partial charge in [-0.25, -0.2) is 0 Å². The van der Waals surface area contributed by atoms with Crippen molar-refractivity contribution in [2.45, 2.75) is 19.3 Å². The summed E-state index contributed by atoms with van der Waals surface area (Å²) in [5.74, 6) is -0.292. The molecule has 5 nitrogen and oxygen atoms in total. The van der Waals surface area contributed by atoms with E-state index in [-0.39, 0.29) is 17.7 Å². The van der Waals surface area contributed by atoms with E-state index in [1.165, 1.54) is 11.1 Å². The van der Waals surface area contributed by atoms with E-state index < -0.39 is 5.91 Å². The summed E-state index contributed by atoms with van der Waals surface area (Å²) in [6, 6.07) is 13.3. The second kappa shape index (κ2) is 6.59. The van der Waals surface area contributed by atoms with Crippen molar-refractivity contribution in [2.75, 3.05) is 24.3 Å². The third kappa shape index (κ3) is 3.50. The molecular weight excluding hydrogens is 314 g/mol. The molecule has 0 heterocycles. The minimum atomic E-state index is -0.509. The molecular formula is C20H23N3O2. The smallest absolute Gasteiger partial charge is 0.248 e. The fourth-order valence-corrected chi connectivity index (χ4v) is 3.24. The van der Waals surface area contributed by atoms with E-state index in [4.69, 9.17) is 5.73 Å². The van der Waals surface area contributed by atoms with Crippen LogP contribution in [-0.2, 0) is 4.79 Å². The van der Waals surface area contributed by atoms with Gasteiger partial charge in [0.2, 0.25) is 11.8 Å². The summed E-state index contributed by atoms with van der Waals surface area (Å²) >= 11 is 0. The highest BCUT2D eigenvalue weighted by Crippen LogP contribution is 2.49. The Kier molecular flexibility index (Phi) is 4.49. The fourth-order valence-electron chi connectivity index (χ4n) is 3.24. The highest BCUT2D eigenvalue weighted by Gasteiger charge is 2.44. The number of rotatable bonds is 5. The maximum Gasteiger partial charge on any atom is 0.248 e. The van der Waals surface area contributed by atoms with E-state index in [2.05, 4.69) is 24.4 Å². The lowest BCUT2D eigenvalue weighted by Gasteiger charge is -2.18. The van der Waals surface area contributed by atoms with Gasteiger partial charge in [0.1, 0.15) is 0 Å². The number of primary amides is 1. The minimum absolute atomic E-state index is 0.0158. The summed E-state index contributed by atoms with van der Waals surface area (Å²) in [6.07, 6.45) is 0.851. The van der Waals surface area contributed by atoms with Crippen LogP contribution in [0.2, 0.25) is 0 Å². The van der Waals surface area contributed by atoms with Crippen LogP contribution in [0.4, 0.5) is 11.4 Å². The average molecular weight is 337 g/mol. The predicted molar refractivity (Wildman–Crippen MR) is 99.9 cm³/mol. The van der Waals surface area contributed by atoms with Gasteiger partial charge in [-0.15, -0.1) is 0 Å². The van der Waals surface area contributed by atoms with Gasteiger partial charge >= 0.3 is 0 Å². The highest BCUT2D eigenvalue weighted by molar-refractivity contribution is 6.01. The van der Waals surface area contributed by atoms with Crippen molar-refractivity contribution < 1.29 is 9.59 Å². The van der Waals surface area contributed by atoms with Crippen molar-refractivity contribution >= 4 is 23.2 Å².